The molecule has 0 spiro atoms. The molecule has 1 aromatic carbocycles. The molecule has 0 saturated carbocycles. The minimum absolute atomic E-state index is 0.0832. The lowest BCUT2D eigenvalue weighted by molar-refractivity contribution is 0.174. The molecule has 120 valence electrons. The standard InChI is InChI=1S/C16H17N3O3S/c1-8(2)19-15-13(16(20)18-19)14(23-9(3)17-15)10-4-5-11-12(6-10)22-7-21-11/h4-6,8,14H,7H2,1-3H3,(H,18,20)/t14-/m0/s1. The van der Waals surface area contributed by atoms with Crippen molar-refractivity contribution < 1.29 is 9.47 Å². The second kappa shape index (κ2) is 5.19. The van der Waals surface area contributed by atoms with Gasteiger partial charge in [0.2, 0.25) is 6.79 Å². The minimum atomic E-state index is -0.0965. The molecule has 2 aromatic rings. The highest BCUT2D eigenvalue weighted by atomic mass is 32.2. The summed E-state index contributed by atoms with van der Waals surface area (Å²) in [7, 11) is 0. The molecule has 7 heteroatoms. The Balaban J connectivity index is 1.86. The summed E-state index contributed by atoms with van der Waals surface area (Å²) in [6, 6.07) is 5.98. The Hall–Kier alpha value is -2.15. The molecule has 0 aliphatic carbocycles. The van der Waals surface area contributed by atoms with Crippen molar-refractivity contribution in [3.05, 3.63) is 39.7 Å². The van der Waals surface area contributed by atoms with Crippen LogP contribution in [-0.4, -0.2) is 21.6 Å². The maximum absolute atomic E-state index is 12.5. The van der Waals surface area contributed by atoms with E-state index in [9.17, 15) is 4.79 Å². The summed E-state index contributed by atoms with van der Waals surface area (Å²) < 4.78 is 12.7. The smallest absolute Gasteiger partial charge is 0.271 e. The highest BCUT2D eigenvalue weighted by Crippen LogP contribution is 2.46. The number of hydrogen-bond acceptors (Lipinski definition) is 5. The van der Waals surface area contributed by atoms with Crippen LogP contribution in [-0.2, 0) is 0 Å². The predicted molar refractivity (Wildman–Crippen MR) is 90.2 cm³/mol. The monoisotopic (exact) mass is 331 g/mol. The van der Waals surface area contributed by atoms with Crippen molar-refractivity contribution in [1.82, 2.24) is 9.78 Å². The Bertz CT molecular complexity index is 866. The van der Waals surface area contributed by atoms with Crippen LogP contribution in [0.3, 0.4) is 0 Å². The second-order valence-electron chi connectivity index (χ2n) is 5.88. The van der Waals surface area contributed by atoms with Gasteiger partial charge in [0.25, 0.3) is 5.56 Å². The van der Waals surface area contributed by atoms with E-state index in [-0.39, 0.29) is 23.6 Å². The van der Waals surface area contributed by atoms with Gasteiger partial charge in [-0.3, -0.25) is 14.6 Å². The highest BCUT2D eigenvalue weighted by molar-refractivity contribution is 8.14. The molecule has 2 aliphatic heterocycles. The third kappa shape index (κ3) is 2.26. The molecule has 4 rings (SSSR count). The molecule has 2 aliphatic rings. The molecule has 0 fully saturated rings. The van der Waals surface area contributed by atoms with Gasteiger partial charge in [-0.05, 0) is 38.5 Å². The number of ether oxygens (including phenoxy) is 2. The normalized spacial score (nSPS) is 19.0. The van der Waals surface area contributed by atoms with E-state index in [1.165, 1.54) is 0 Å². The number of H-pyrrole nitrogens is 1. The van der Waals surface area contributed by atoms with Gasteiger partial charge in [-0.15, -0.1) is 0 Å². The Labute approximate surface area is 137 Å². The number of aromatic nitrogens is 2. The van der Waals surface area contributed by atoms with E-state index in [4.69, 9.17) is 9.47 Å². The van der Waals surface area contributed by atoms with Crippen LogP contribution in [0.2, 0.25) is 0 Å². The van der Waals surface area contributed by atoms with Crippen molar-refractivity contribution in [3.63, 3.8) is 0 Å². The Morgan fingerprint density at radius 2 is 2.13 bits per heavy atom. The van der Waals surface area contributed by atoms with E-state index >= 15 is 0 Å². The number of hydrogen-bond donors (Lipinski definition) is 1. The first-order valence-electron chi connectivity index (χ1n) is 7.50. The maximum atomic E-state index is 12.5. The average molecular weight is 331 g/mol. The minimum Gasteiger partial charge on any atom is -0.454 e. The number of nitrogens with one attached hydrogen (secondary N) is 1. The van der Waals surface area contributed by atoms with Gasteiger partial charge in [-0.2, -0.15) is 0 Å². The lowest BCUT2D eigenvalue weighted by Gasteiger charge is -2.21. The molecule has 0 bridgehead atoms. The zero-order valence-electron chi connectivity index (χ0n) is 13.1. The van der Waals surface area contributed by atoms with Crippen molar-refractivity contribution in [2.24, 2.45) is 4.99 Å². The van der Waals surface area contributed by atoms with Gasteiger partial charge >= 0.3 is 0 Å². The third-order valence-electron chi connectivity index (χ3n) is 3.97. The summed E-state index contributed by atoms with van der Waals surface area (Å²) in [6.45, 7) is 6.26. The average Bonchev–Trinajstić information content (AvgIpc) is 3.10. The van der Waals surface area contributed by atoms with Gasteiger partial charge < -0.3 is 9.47 Å². The number of rotatable bonds is 2. The number of aliphatic imine (C=N–C) groups is 1. The fourth-order valence-electron chi connectivity index (χ4n) is 2.89. The molecule has 0 radical (unpaired) electrons. The summed E-state index contributed by atoms with van der Waals surface area (Å²) in [6.07, 6.45) is 0. The van der Waals surface area contributed by atoms with Crippen LogP contribution in [0.4, 0.5) is 5.82 Å². The van der Waals surface area contributed by atoms with Crippen LogP contribution in [0, 0.1) is 0 Å². The molecule has 6 nitrogen and oxygen atoms in total. The number of thioether (sulfide) groups is 1. The van der Waals surface area contributed by atoms with Crippen molar-refractivity contribution in [2.45, 2.75) is 32.1 Å². The summed E-state index contributed by atoms with van der Waals surface area (Å²) >= 11 is 1.59. The van der Waals surface area contributed by atoms with Crippen molar-refractivity contribution >= 4 is 22.6 Å². The first-order chi connectivity index (χ1) is 11.0. The van der Waals surface area contributed by atoms with Crippen molar-refractivity contribution in [1.29, 1.82) is 0 Å². The predicted octanol–water partition coefficient (Wildman–Crippen LogP) is 3.37. The fraction of sp³-hybridized carbons (Fsp3) is 0.375. The zero-order chi connectivity index (χ0) is 16.1. The highest BCUT2D eigenvalue weighted by Gasteiger charge is 2.31. The van der Waals surface area contributed by atoms with Crippen LogP contribution in [0.25, 0.3) is 0 Å². The molecular weight excluding hydrogens is 314 g/mol. The quantitative estimate of drug-likeness (QED) is 0.916. The first kappa shape index (κ1) is 14.4. The van der Waals surface area contributed by atoms with Crippen LogP contribution < -0.4 is 15.0 Å². The van der Waals surface area contributed by atoms with Gasteiger partial charge in [0.15, 0.2) is 17.3 Å². The Morgan fingerprint density at radius 1 is 1.35 bits per heavy atom. The molecule has 0 saturated heterocycles. The molecule has 23 heavy (non-hydrogen) atoms. The molecule has 0 unspecified atom stereocenters. The number of fused-ring (bicyclic) bond motifs is 2. The van der Waals surface area contributed by atoms with Crippen LogP contribution >= 0.6 is 11.8 Å². The van der Waals surface area contributed by atoms with Gasteiger partial charge in [-0.25, -0.2) is 4.99 Å². The zero-order valence-corrected chi connectivity index (χ0v) is 13.9. The molecule has 1 atom stereocenters. The number of benzene rings is 1. The summed E-state index contributed by atoms with van der Waals surface area (Å²) in [5.74, 6) is 2.20. The Kier molecular flexibility index (Phi) is 3.26. The van der Waals surface area contributed by atoms with E-state index in [1.54, 1.807) is 11.8 Å². The molecule has 0 amide bonds. The lowest BCUT2D eigenvalue weighted by Crippen LogP contribution is -2.13. The summed E-state index contributed by atoms with van der Waals surface area (Å²) in [5.41, 5.74) is 1.63. The fourth-order valence-corrected chi connectivity index (χ4v) is 3.99. The van der Waals surface area contributed by atoms with E-state index in [2.05, 4.69) is 10.1 Å². The van der Waals surface area contributed by atoms with E-state index in [1.807, 2.05) is 43.7 Å². The third-order valence-corrected chi connectivity index (χ3v) is 5.14. The van der Waals surface area contributed by atoms with E-state index in [0.717, 1.165) is 27.9 Å². The first-order valence-corrected chi connectivity index (χ1v) is 8.38. The van der Waals surface area contributed by atoms with Crippen LogP contribution in [0.1, 0.15) is 43.2 Å². The molecule has 1 aromatic heterocycles. The van der Waals surface area contributed by atoms with Gasteiger partial charge in [0.1, 0.15) is 0 Å². The maximum Gasteiger partial charge on any atom is 0.271 e. The summed E-state index contributed by atoms with van der Waals surface area (Å²) in [5, 5.41) is 3.75. The number of nitrogens with zero attached hydrogens (tertiary/aromatic N) is 2. The topological polar surface area (TPSA) is 68.6 Å². The second-order valence-corrected chi connectivity index (χ2v) is 7.18. The van der Waals surface area contributed by atoms with Crippen molar-refractivity contribution in [2.75, 3.05) is 6.79 Å². The van der Waals surface area contributed by atoms with Gasteiger partial charge in [0, 0.05) is 6.04 Å². The van der Waals surface area contributed by atoms with Crippen LogP contribution in [0.15, 0.2) is 28.0 Å². The SMILES string of the molecule is CC1=Nc2c(c(=O)[nH]n2C(C)C)[C@H](c2ccc3c(c2)OCO3)S1. The Morgan fingerprint density at radius 3 is 2.91 bits per heavy atom. The number of aromatic amines is 1. The van der Waals surface area contributed by atoms with Gasteiger partial charge in [0.05, 0.1) is 15.9 Å². The van der Waals surface area contributed by atoms with E-state index < -0.39 is 0 Å². The molecule has 3 heterocycles. The summed E-state index contributed by atoms with van der Waals surface area (Å²) in [4.78, 5) is 17.1. The molecular formula is C16H17N3O3S. The molecule has 1 N–H and O–H groups in total. The van der Waals surface area contributed by atoms with E-state index in [0.29, 0.717) is 5.56 Å². The van der Waals surface area contributed by atoms with Gasteiger partial charge in [-0.1, -0.05) is 17.8 Å². The van der Waals surface area contributed by atoms with Crippen LogP contribution in [0.5, 0.6) is 11.5 Å². The van der Waals surface area contributed by atoms with Crippen molar-refractivity contribution in [3.8, 4) is 11.5 Å². The lowest BCUT2D eigenvalue weighted by atomic mass is 10.1. The largest absolute Gasteiger partial charge is 0.454 e.